The summed E-state index contributed by atoms with van der Waals surface area (Å²) in [5.41, 5.74) is 1.74. The summed E-state index contributed by atoms with van der Waals surface area (Å²) in [6, 6.07) is 0. The maximum atomic E-state index is 10.8. The van der Waals surface area contributed by atoms with Gasteiger partial charge in [0, 0.05) is 18.8 Å². The summed E-state index contributed by atoms with van der Waals surface area (Å²) in [5.74, 6) is 1.22. The van der Waals surface area contributed by atoms with Crippen LogP contribution >= 0.6 is 0 Å². The zero-order chi connectivity index (χ0) is 15.4. The van der Waals surface area contributed by atoms with Gasteiger partial charge in [0.2, 0.25) is 0 Å². The molecule has 3 heteroatoms. The van der Waals surface area contributed by atoms with E-state index in [1.165, 1.54) is 51.9 Å². The first-order valence-electron chi connectivity index (χ1n) is 9.24. The molecular formula is C19H30O3. The molecule has 1 heterocycles. The Morgan fingerprint density at radius 1 is 1.18 bits per heavy atom. The normalized spacial score (nSPS) is 34.3. The first kappa shape index (κ1) is 16.0. The maximum absolute atomic E-state index is 10.8. The van der Waals surface area contributed by atoms with E-state index in [-0.39, 0.29) is 5.97 Å². The van der Waals surface area contributed by atoms with Crippen LogP contribution < -0.4 is 0 Å². The molecule has 0 radical (unpaired) electrons. The molecule has 124 valence electrons. The van der Waals surface area contributed by atoms with Crippen LogP contribution in [-0.2, 0) is 14.3 Å². The number of fused-ring (bicyclic) bond motifs is 3. The number of hydrogen-bond acceptors (Lipinski definition) is 3. The summed E-state index contributed by atoms with van der Waals surface area (Å²) in [7, 11) is 0. The van der Waals surface area contributed by atoms with Crippen molar-refractivity contribution in [3.63, 3.8) is 0 Å². The van der Waals surface area contributed by atoms with E-state index in [0.717, 1.165) is 25.2 Å². The molecule has 0 unspecified atom stereocenters. The predicted molar refractivity (Wildman–Crippen MR) is 86.5 cm³/mol. The van der Waals surface area contributed by atoms with Crippen molar-refractivity contribution in [3.8, 4) is 0 Å². The highest BCUT2D eigenvalue weighted by Gasteiger charge is 2.42. The van der Waals surface area contributed by atoms with Crippen LogP contribution in [0.2, 0.25) is 0 Å². The molecule has 1 saturated heterocycles. The lowest BCUT2D eigenvalue weighted by atomic mass is 9.68. The van der Waals surface area contributed by atoms with Crippen LogP contribution in [-0.4, -0.2) is 24.8 Å². The standard InChI is InChI=1S/C19H30O3/c1-14(20)21-13-7-6-12-19-16-9-3-2-8-15(16)17-10-4-5-11-18(17)22-19/h8,16-19H,2-7,9-13H2,1H3/t16-,17+,18-,19+/m1/s1. The summed E-state index contributed by atoms with van der Waals surface area (Å²) < 4.78 is 11.6. The minimum absolute atomic E-state index is 0.170. The Kier molecular flexibility index (Phi) is 5.56. The first-order chi connectivity index (χ1) is 10.8. The topological polar surface area (TPSA) is 35.5 Å². The number of rotatable bonds is 5. The third kappa shape index (κ3) is 3.73. The minimum Gasteiger partial charge on any atom is -0.466 e. The van der Waals surface area contributed by atoms with Gasteiger partial charge in [0.25, 0.3) is 0 Å². The Hall–Kier alpha value is -0.830. The molecule has 3 rings (SSSR count). The second-order valence-corrected chi connectivity index (χ2v) is 7.18. The van der Waals surface area contributed by atoms with Crippen molar-refractivity contribution in [2.75, 3.05) is 6.61 Å². The van der Waals surface area contributed by atoms with E-state index in [2.05, 4.69) is 6.08 Å². The third-order valence-corrected chi connectivity index (χ3v) is 5.64. The minimum atomic E-state index is -0.170. The number of esters is 1. The highest BCUT2D eigenvalue weighted by molar-refractivity contribution is 5.65. The van der Waals surface area contributed by atoms with Crippen molar-refractivity contribution in [1.29, 1.82) is 0 Å². The SMILES string of the molecule is CC(=O)OCCCC[C@@H]1O[C@@H]2CCCC[C@H]2C2=CCCC[C@H]21. The number of carbonyl (C=O) groups excluding carboxylic acids is 1. The van der Waals surface area contributed by atoms with E-state index in [9.17, 15) is 4.79 Å². The maximum Gasteiger partial charge on any atom is 0.302 e. The van der Waals surface area contributed by atoms with Crippen LogP contribution in [0.25, 0.3) is 0 Å². The number of unbranched alkanes of at least 4 members (excludes halogenated alkanes) is 1. The Labute approximate surface area is 134 Å². The van der Waals surface area contributed by atoms with Crippen molar-refractivity contribution >= 4 is 5.97 Å². The lowest BCUT2D eigenvalue weighted by Crippen LogP contribution is -2.45. The average Bonchev–Trinajstić information content (AvgIpc) is 2.54. The number of ether oxygens (including phenoxy) is 2. The lowest BCUT2D eigenvalue weighted by Gasteiger charge is -2.47. The highest BCUT2D eigenvalue weighted by Crippen LogP contribution is 2.47. The molecule has 0 spiro atoms. The van der Waals surface area contributed by atoms with Crippen molar-refractivity contribution in [3.05, 3.63) is 11.6 Å². The third-order valence-electron chi connectivity index (χ3n) is 5.64. The van der Waals surface area contributed by atoms with Crippen LogP contribution in [0.5, 0.6) is 0 Å². The quantitative estimate of drug-likeness (QED) is 0.429. The van der Waals surface area contributed by atoms with Gasteiger partial charge in [0.15, 0.2) is 0 Å². The molecule has 4 atom stereocenters. The van der Waals surface area contributed by atoms with Gasteiger partial charge in [-0.1, -0.05) is 24.5 Å². The van der Waals surface area contributed by atoms with E-state index in [4.69, 9.17) is 9.47 Å². The summed E-state index contributed by atoms with van der Waals surface area (Å²) >= 11 is 0. The van der Waals surface area contributed by atoms with E-state index in [0.29, 0.717) is 24.7 Å². The Morgan fingerprint density at radius 3 is 2.86 bits per heavy atom. The molecule has 0 N–H and O–H groups in total. The smallest absolute Gasteiger partial charge is 0.302 e. The Bertz CT molecular complexity index is 415. The number of hydrogen-bond donors (Lipinski definition) is 0. The fraction of sp³-hybridized carbons (Fsp3) is 0.842. The molecule has 0 aromatic carbocycles. The molecule has 0 amide bonds. The van der Waals surface area contributed by atoms with Crippen molar-refractivity contribution in [2.24, 2.45) is 11.8 Å². The van der Waals surface area contributed by atoms with E-state index in [1.807, 2.05) is 0 Å². The van der Waals surface area contributed by atoms with Crippen LogP contribution in [0.4, 0.5) is 0 Å². The molecule has 0 aromatic rings. The monoisotopic (exact) mass is 306 g/mol. The molecule has 1 aliphatic heterocycles. The van der Waals surface area contributed by atoms with Crippen molar-refractivity contribution in [1.82, 2.24) is 0 Å². The number of allylic oxidation sites excluding steroid dienone is 1. The first-order valence-corrected chi connectivity index (χ1v) is 9.24. The second kappa shape index (κ2) is 7.63. The lowest BCUT2D eigenvalue weighted by molar-refractivity contribution is -0.141. The molecule has 1 saturated carbocycles. The van der Waals surface area contributed by atoms with Gasteiger partial charge in [-0.3, -0.25) is 4.79 Å². The van der Waals surface area contributed by atoms with E-state index >= 15 is 0 Å². The predicted octanol–water partition coefficient (Wildman–Crippen LogP) is 4.40. The zero-order valence-electron chi connectivity index (χ0n) is 13.9. The average molecular weight is 306 g/mol. The van der Waals surface area contributed by atoms with E-state index in [1.54, 1.807) is 5.57 Å². The van der Waals surface area contributed by atoms with Gasteiger partial charge < -0.3 is 9.47 Å². The van der Waals surface area contributed by atoms with Crippen molar-refractivity contribution in [2.45, 2.75) is 83.3 Å². The summed E-state index contributed by atoms with van der Waals surface area (Å²) in [6.07, 6.45) is 15.8. The Balaban J connectivity index is 1.55. The van der Waals surface area contributed by atoms with Gasteiger partial charge in [-0.2, -0.15) is 0 Å². The molecule has 2 fully saturated rings. The van der Waals surface area contributed by atoms with Gasteiger partial charge in [-0.05, 0) is 51.4 Å². The fourth-order valence-electron chi connectivity index (χ4n) is 4.64. The van der Waals surface area contributed by atoms with Crippen molar-refractivity contribution < 1.29 is 14.3 Å². The van der Waals surface area contributed by atoms with Gasteiger partial charge in [-0.15, -0.1) is 0 Å². The molecule has 3 nitrogen and oxygen atoms in total. The number of carbonyl (C=O) groups is 1. The largest absolute Gasteiger partial charge is 0.466 e. The summed E-state index contributed by atoms with van der Waals surface area (Å²) in [4.78, 5) is 10.8. The molecule has 0 aromatic heterocycles. The second-order valence-electron chi connectivity index (χ2n) is 7.18. The molecular weight excluding hydrogens is 276 g/mol. The molecule has 22 heavy (non-hydrogen) atoms. The van der Waals surface area contributed by atoms with Crippen LogP contribution in [0.1, 0.15) is 71.1 Å². The summed E-state index contributed by atoms with van der Waals surface area (Å²) in [5, 5.41) is 0. The molecule has 2 aliphatic carbocycles. The fourth-order valence-corrected chi connectivity index (χ4v) is 4.64. The van der Waals surface area contributed by atoms with Gasteiger partial charge in [-0.25, -0.2) is 0 Å². The van der Waals surface area contributed by atoms with E-state index < -0.39 is 0 Å². The molecule has 0 bridgehead atoms. The highest BCUT2D eigenvalue weighted by atomic mass is 16.5. The van der Waals surface area contributed by atoms with Crippen LogP contribution in [0.3, 0.4) is 0 Å². The van der Waals surface area contributed by atoms with Gasteiger partial charge in [0.1, 0.15) is 0 Å². The van der Waals surface area contributed by atoms with Gasteiger partial charge >= 0.3 is 5.97 Å². The van der Waals surface area contributed by atoms with Gasteiger partial charge in [0.05, 0.1) is 18.8 Å². The van der Waals surface area contributed by atoms with Crippen LogP contribution in [0, 0.1) is 11.8 Å². The van der Waals surface area contributed by atoms with Crippen LogP contribution in [0.15, 0.2) is 11.6 Å². The Morgan fingerprint density at radius 2 is 2.00 bits per heavy atom. The zero-order valence-corrected chi connectivity index (χ0v) is 13.9. The summed E-state index contributed by atoms with van der Waals surface area (Å²) in [6.45, 7) is 2.04. The molecule has 3 aliphatic rings.